The largest absolute Gasteiger partial charge is 0.452 e. The third-order valence-electron chi connectivity index (χ3n) is 6.19. The predicted molar refractivity (Wildman–Crippen MR) is 137 cm³/mol. The summed E-state index contributed by atoms with van der Waals surface area (Å²) in [6, 6.07) is 24.6. The molecule has 0 amide bonds. The summed E-state index contributed by atoms with van der Waals surface area (Å²) in [5.41, 5.74) is 0.699. The summed E-state index contributed by atoms with van der Waals surface area (Å²) < 4.78 is 23.5. The number of likely N-dealkylation sites (N-methyl/N-ethyl adjacent to an activating group) is 1. The Hall–Kier alpha value is -4.09. The lowest BCUT2D eigenvalue weighted by Gasteiger charge is -2.46. The number of hydrogen-bond acceptors (Lipinski definition) is 10. The van der Waals surface area contributed by atoms with Gasteiger partial charge in [-0.15, -0.1) is 0 Å². The van der Waals surface area contributed by atoms with Crippen molar-refractivity contribution in [3.8, 4) is 0 Å². The van der Waals surface area contributed by atoms with E-state index in [1.165, 1.54) is 19.2 Å². The second-order valence-corrected chi connectivity index (χ2v) is 8.68. The molecule has 0 aromatic heterocycles. The number of nitrogens with zero attached hydrogens (tertiary/aromatic N) is 1. The number of carbonyl (C=O) groups excluding carboxylic acids is 3. The molecule has 1 aliphatic heterocycles. The monoisotopic (exact) mass is 535 g/mol. The van der Waals surface area contributed by atoms with Gasteiger partial charge in [0.05, 0.1) is 30.4 Å². The Balaban J connectivity index is 1.73. The Morgan fingerprint density at radius 1 is 0.692 bits per heavy atom. The molecular weight excluding hydrogens is 506 g/mol. The highest BCUT2D eigenvalue weighted by molar-refractivity contribution is 5.91. The van der Waals surface area contributed by atoms with E-state index in [-0.39, 0.29) is 16.7 Å². The zero-order valence-corrected chi connectivity index (χ0v) is 21.4. The van der Waals surface area contributed by atoms with E-state index in [0.717, 1.165) is 0 Å². The average molecular weight is 536 g/mol. The van der Waals surface area contributed by atoms with Crippen molar-refractivity contribution in [2.24, 2.45) is 0 Å². The molecule has 1 fully saturated rings. The number of hydrogen-bond donors (Lipinski definition) is 1. The van der Waals surface area contributed by atoms with Gasteiger partial charge in [0.25, 0.3) is 0 Å². The van der Waals surface area contributed by atoms with E-state index in [1.807, 2.05) is 0 Å². The quantitative estimate of drug-likeness (QED) is 0.249. The van der Waals surface area contributed by atoms with Crippen LogP contribution in [-0.2, 0) is 23.8 Å². The number of hydroxylamine groups is 2. The zero-order chi connectivity index (χ0) is 27.8. The van der Waals surface area contributed by atoms with Crippen molar-refractivity contribution in [2.45, 2.75) is 30.6 Å². The van der Waals surface area contributed by atoms with Gasteiger partial charge in [-0.05, 0) is 36.4 Å². The van der Waals surface area contributed by atoms with Crippen LogP contribution in [0.25, 0.3) is 0 Å². The minimum atomic E-state index is -1.38. The number of rotatable bonds is 9. The van der Waals surface area contributed by atoms with Gasteiger partial charge in [-0.1, -0.05) is 54.6 Å². The summed E-state index contributed by atoms with van der Waals surface area (Å²) in [4.78, 5) is 44.7. The molecule has 0 bridgehead atoms. The topological polar surface area (TPSA) is 121 Å². The van der Waals surface area contributed by atoms with Gasteiger partial charge in [0.15, 0.2) is 24.5 Å². The van der Waals surface area contributed by atoms with Gasteiger partial charge in [-0.25, -0.2) is 14.4 Å². The molecule has 0 radical (unpaired) electrons. The molecule has 1 N–H and O–H groups in total. The summed E-state index contributed by atoms with van der Waals surface area (Å²) in [5.74, 6) is -2.22. The van der Waals surface area contributed by atoms with Crippen molar-refractivity contribution < 1.29 is 43.3 Å². The number of benzene rings is 3. The maximum atomic E-state index is 13.2. The first-order valence-corrected chi connectivity index (χ1v) is 12.2. The molecule has 0 saturated carbocycles. The number of aliphatic hydroxyl groups excluding tert-OH is 1. The Morgan fingerprint density at radius 3 is 1.46 bits per heavy atom. The van der Waals surface area contributed by atoms with Crippen molar-refractivity contribution in [3.63, 3.8) is 0 Å². The third-order valence-corrected chi connectivity index (χ3v) is 6.19. The number of carbonyl (C=O) groups is 3. The molecule has 5 atom stereocenters. The van der Waals surface area contributed by atoms with E-state index < -0.39 is 55.2 Å². The molecular formula is C29H29NO9. The maximum absolute atomic E-state index is 13.2. The Kier molecular flexibility index (Phi) is 9.40. The fraction of sp³-hybridized carbons (Fsp3) is 0.276. The van der Waals surface area contributed by atoms with E-state index in [4.69, 9.17) is 23.8 Å². The summed E-state index contributed by atoms with van der Waals surface area (Å²) >= 11 is 0. The van der Waals surface area contributed by atoms with Crippen LogP contribution in [0.4, 0.5) is 0 Å². The molecule has 1 heterocycles. The van der Waals surface area contributed by atoms with Crippen molar-refractivity contribution in [3.05, 3.63) is 108 Å². The Labute approximate surface area is 225 Å². The van der Waals surface area contributed by atoms with E-state index in [2.05, 4.69) is 0 Å². The van der Waals surface area contributed by atoms with Crippen LogP contribution in [0.3, 0.4) is 0 Å². The van der Waals surface area contributed by atoms with Gasteiger partial charge < -0.3 is 24.1 Å². The molecule has 1 aliphatic rings. The van der Waals surface area contributed by atoms with Crippen LogP contribution in [0, 0.1) is 0 Å². The molecule has 0 unspecified atom stereocenters. The fourth-order valence-electron chi connectivity index (χ4n) is 4.14. The molecule has 0 aliphatic carbocycles. The number of aliphatic hydroxyl groups is 1. The van der Waals surface area contributed by atoms with Crippen LogP contribution in [0.2, 0.25) is 0 Å². The summed E-state index contributed by atoms with van der Waals surface area (Å²) in [6.07, 6.45) is -6.34. The molecule has 3 aromatic carbocycles. The normalized spacial score (nSPS) is 22.6. The van der Waals surface area contributed by atoms with Gasteiger partial charge in [-0.2, -0.15) is 5.06 Å². The summed E-state index contributed by atoms with van der Waals surface area (Å²) in [5, 5.41) is 11.5. The SMILES string of the molecule is CON(C)[C@@H]1O[C@H](CO)[C@@H](OC(=O)c2ccccc2)[C@H](OC(=O)c2ccccc2)[C@H]1OC(=O)c1ccccc1. The zero-order valence-electron chi connectivity index (χ0n) is 21.4. The number of esters is 3. The first-order chi connectivity index (χ1) is 18.9. The second kappa shape index (κ2) is 13.1. The van der Waals surface area contributed by atoms with Crippen molar-refractivity contribution >= 4 is 17.9 Å². The standard InChI is InChI=1S/C29H29NO9/c1-30(35-2)26-25(39-29(34)21-16-10-5-11-17-21)24(38-28(33)20-14-8-4-9-15-20)23(22(18-31)36-26)37-27(32)19-12-6-3-7-13-19/h3-17,22-26,31H,18H2,1-2H3/t22-,23-,24+,25-,26-/m1/s1. The molecule has 204 valence electrons. The van der Waals surface area contributed by atoms with Gasteiger partial charge >= 0.3 is 17.9 Å². The van der Waals surface area contributed by atoms with Crippen LogP contribution in [0.5, 0.6) is 0 Å². The first kappa shape index (κ1) is 27.9. The predicted octanol–water partition coefficient (Wildman–Crippen LogP) is 2.87. The van der Waals surface area contributed by atoms with Crippen LogP contribution >= 0.6 is 0 Å². The lowest BCUT2D eigenvalue weighted by molar-refractivity contribution is -0.317. The van der Waals surface area contributed by atoms with Crippen molar-refractivity contribution in [1.82, 2.24) is 5.06 Å². The van der Waals surface area contributed by atoms with Crippen LogP contribution in [-0.4, -0.2) is 79.5 Å². The fourth-order valence-corrected chi connectivity index (χ4v) is 4.14. The number of ether oxygens (including phenoxy) is 4. The molecule has 39 heavy (non-hydrogen) atoms. The minimum absolute atomic E-state index is 0.224. The van der Waals surface area contributed by atoms with Crippen LogP contribution in [0.1, 0.15) is 31.1 Å². The van der Waals surface area contributed by atoms with E-state index in [9.17, 15) is 19.5 Å². The van der Waals surface area contributed by atoms with Crippen molar-refractivity contribution in [2.75, 3.05) is 20.8 Å². The molecule has 1 saturated heterocycles. The molecule has 0 spiro atoms. The smallest absolute Gasteiger partial charge is 0.338 e. The Morgan fingerprint density at radius 2 is 1.08 bits per heavy atom. The lowest BCUT2D eigenvalue weighted by Crippen LogP contribution is -2.65. The van der Waals surface area contributed by atoms with Crippen LogP contribution in [0.15, 0.2) is 91.0 Å². The molecule has 3 aromatic rings. The lowest BCUT2D eigenvalue weighted by atomic mass is 9.96. The highest BCUT2D eigenvalue weighted by Crippen LogP contribution is 2.31. The van der Waals surface area contributed by atoms with E-state index in [0.29, 0.717) is 0 Å². The minimum Gasteiger partial charge on any atom is -0.452 e. The third kappa shape index (κ3) is 6.68. The molecule has 10 nitrogen and oxygen atoms in total. The van der Waals surface area contributed by atoms with E-state index in [1.54, 1.807) is 91.0 Å². The average Bonchev–Trinajstić information content (AvgIpc) is 2.99. The Bertz CT molecular complexity index is 1240. The van der Waals surface area contributed by atoms with Gasteiger partial charge in [-0.3, -0.25) is 4.84 Å². The second-order valence-electron chi connectivity index (χ2n) is 8.68. The summed E-state index contributed by atoms with van der Waals surface area (Å²) in [6.45, 7) is -0.598. The van der Waals surface area contributed by atoms with Crippen molar-refractivity contribution in [1.29, 1.82) is 0 Å². The van der Waals surface area contributed by atoms with Gasteiger partial charge in [0.2, 0.25) is 0 Å². The highest BCUT2D eigenvalue weighted by Gasteiger charge is 2.54. The molecule has 4 rings (SSSR count). The summed E-state index contributed by atoms with van der Waals surface area (Å²) in [7, 11) is 2.90. The molecule has 10 heteroatoms. The highest BCUT2D eigenvalue weighted by atomic mass is 16.7. The van der Waals surface area contributed by atoms with E-state index >= 15 is 0 Å². The van der Waals surface area contributed by atoms with Gasteiger partial charge in [0, 0.05) is 7.05 Å². The van der Waals surface area contributed by atoms with Crippen LogP contribution < -0.4 is 0 Å². The maximum Gasteiger partial charge on any atom is 0.338 e. The van der Waals surface area contributed by atoms with Gasteiger partial charge in [0.1, 0.15) is 6.10 Å². The first-order valence-electron chi connectivity index (χ1n) is 12.2.